The normalized spacial score (nSPS) is 21.6. The molecule has 0 unspecified atom stereocenters. The Bertz CT molecular complexity index is 427. The molecule has 0 atom stereocenters. The van der Waals surface area contributed by atoms with Crippen LogP contribution in [0.3, 0.4) is 0 Å². The van der Waals surface area contributed by atoms with E-state index in [9.17, 15) is 4.79 Å². The number of carbonyl (C=O) groups is 1. The topological polar surface area (TPSA) is 58.6 Å². The van der Waals surface area contributed by atoms with Crippen molar-refractivity contribution in [2.24, 2.45) is 5.92 Å². The summed E-state index contributed by atoms with van der Waals surface area (Å²) in [4.78, 5) is 11.6. The van der Waals surface area contributed by atoms with Crippen molar-refractivity contribution in [2.75, 3.05) is 13.2 Å². The van der Waals surface area contributed by atoms with E-state index >= 15 is 0 Å². The molecule has 2 N–H and O–H groups in total. The predicted octanol–water partition coefficient (Wildman–Crippen LogP) is 1.51. The first-order chi connectivity index (χ1) is 9.17. The van der Waals surface area contributed by atoms with Crippen LogP contribution in [-0.4, -0.2) is 30.3 Å². The highest BCUT2D eigenvalue weighted by atomic mass is 16.5. The number of ether oxygens (including phenoxy) is 1. The molecule has 0 bridgehead atoms. The molecule has 0 saturated heterocycles. The molecule has 0 heterocycles. The number of aliphatic hydroxyl groups excluding tert-OH is 1. The van der Waals surface area contributed by atoms with E-state index < -0.39 is 0 Å². The van der Waals surface area contributed by atoms with E-state index in [1.807, 2.05) is 24.3 Å². The van der Waals surface area contributed by atoms with E-state index in [1.54, 1.807) is 0 Å². The maximum atomic E-state index is 11.6. The SMILES string of the molecule is CCc1cccc(OCC(=O)NCC2CC(O)C2)c1. The van der Waals surface area contributed by atoms with E-state index in [1.165, 1.54) is 5.56 Å². The summed E-state index contributed by atoms with van der Waals surface area (Å²) >= 11 is 0. The summed E-state index contributed by atoms with van der Waals surface area (Å²) in [6.45, 7) is 2.76. The third-order valence-electron chi connectivity index (χ3n) is 3.48. The van der Waals surface area contributed by atoms with E-state index in [0.717, 1.165) is 25.0 Å². The van der Waals surface area contributed by atoms with Crippen molar-refractivity contribution >= 4 is 5.91 Å². The third kappa shape index (κ3) is 4.24. The average Bonchev–Trinajstić information content (AvgIpc) is 2.40. The van der Waals surface area contributed by atoms with Crippen molar-refractivity contribution < 1.29 is 14.6 Å². The maximum Gasteiger partial charge on any atom is 0.257 e. The second-order valence-electron chi connectivity index (χ2n) is 5.08. The summed E-state index contributed by atoms with van der Waals surface area (Å²) in [6, 6.07) is 7.78. The molecule has 4 heteroatoms. The molecule has 4 nitrogen and oxygen atoms in total. The van der Waals surface area contributed by atoms with Crippen LogP contribution in [0.25, 0.3) is 0 Å². The molecule has 19 heavy (non-hydrogen) atoms. The zero-order valence-corrected chi connectivity index (χ0v) is 11.3. The van der Waals surface area contributed by atoms with Gasteiger partial charge in [-0.05, 0) is 42.9 Å². The molecule has 1 fully saturated rings. The quantitative estimate of drug-likeness (QED) is 0.818. The first-order valence-corrected chi connectivity index (χ1v) is 6.84. The Balaban J connectivity index is 1.67. The molecule has 1 aliphatic rings. The van der Waals surface area contributed by atoms with Crippen LogP contribution in [0.15, 0.2) is 24.3 Å². The standard InChI is InChI=1S/C15H21NO3/c1-2-11-4-3-5-14(8-11)19-10-15(18)16-9-12-6-13(17)7-12/h3-5,8,12-13,17H,2,6-7,9-10H2,1H3,(H,16,18). The number of hydrogen-bond donors (Lipinski definition) is 2. The van der Waals surface area contributed by atoms with Crippen LogP contribution in [0.2, 0.25) is 0 Å². The van der Waals surface area contributed by atoms with Gasteiger partial charge in [-0.2, -0.15) is 0 Å². The minimum atomic E-state index is -0.171. The molecule has 104 valence electrons. The van der Waals surface area contributed by atoms with Gasteiger partial charge in [0.15, 0.2) is 6.61 Å². The molecule has 2 rings (SSSR count). The lowest BCUT2D eigenvalue weighted by molar-refractivity contribution is -0.123. The van der Waals surface area contributed by atoms with E-state index in [2.05, 4.69) is 12.2 Å². The number of benzene rings is 1. The minimum absolute atomic E-state index is 0.0441. The van der Waals surface area contributed by atoms with Crippen molar-refractivity contribution in [1.82, 2.24) is 5.32 Å². The highest BCUT2D eigenvalue weighted by Crippen LogP contribution is 2.25. The fourth-order valence-electron chi connectivity index (χ4n) is 2.18. The zero-order chi connectivity index (χ0) is 13.7. The Kier molecular flexibility index (Phi) is 4.80. The molecule has 0 spiro atoms. The van der Waals surface area contributed by atoms with Gasteiger partial charge in [0.05, 0.1) is 6.10 Å². The Morgan fingerprint density at radius 2 is 2.26 bits per heavy atom. The zero-order valence-electron chi connectivity index (χ0n) is 11.3. The van der Waals surface area contributed by atoms with Gasteiger partial charge in [0.1, 0.15) is 5.75 Å². The fraction of sp³-hybridized carbons (Fsp3) is 0.533. The lowest BCUT2D eigenvalue weighted by atomic mass is 9.82. The van der Waals surface area contributed by atoms with Gasteiger partial charge in [-0.1, -0.05) is 19.1 Å². The number of hydrogen-bond acceptors (Lipinski definition) is 3. The fourth-order valence-corrected chi connectivity index (χ4v) is 2.18. The Morgan fingerprint density at radius 1 is 1.47 bits per heavy atom. The van der Waals surface area contributed by atoms with Gasteiger partial charge >= 0.3 is 0 Å². The minimum Gasteiger partial charge on any atom is -0.484 e. The summed E-state index contributed by atoms with van der Waals surface area (Å²) in [5.74, 6) is 1.04. The molecule has 0 aromatic heterocycles. The van der Waals surface area contributed by atoms with Crippen LogP contribution >= 0.6 is 0 Å². The van der Waals surface area contributed by atoms with Crippen molar-refractivity contribution in [3.05, 3.63) is 29.8 Å². The van der Waals surface area contributed by atoms with Crippen LogP contribution < -0.4 is 10.1 Å². The first kappa shape index (κ1) is 13.9. The van der Waals surface area contributed by atoms with Crippen LogP contribution in [0.4, 0.5) is 0 Å². The second kappa shape index (κ2) is 6.57. The molecule has 1 aromatic rings. The number of rotatable bonds is 6. The Labute approximate surface area is 113 Å². The van der Waals surface area contributed by atoms with Gasteiger partial charge < -0.3 is 15.2 Å². The van der Waals surface area contributed by atoms with Crippen LogP contribution in [0.5, 0.6) is 5.75 Å². The van der Waals surface area contributed by atoms with Crippen LogP contribution in [0, 0.1) is 5.92 Å². The molecule has 1 saturated carbocycles. The molecule has 0 aliphatic heterocycles. The molecule has 1 amide bonds. The highest BCUT2D eigenvalue weighted by Gasteiger charge is 2.27. The monoisotopic (exact) mass is 263 g/mol. The van der Waals surface area contributed by atoms with Crippen LogP contribution in [0.1, 0.15) is 25.3 Å². The van der Waals surface area contributed by atoms with Gasteiger partial charge in [0.25, 0.3) is 5.91 Å². The van der Waals surface area contributed by atoms with E-state index in [-0.39, 0.29) is 18.6 Å². The highest BCUT2D eigenvalue weighted by molar-refractivity contribution is 5.77. The molecule has 1 aliphatic carbocycles. The van der Waals surface area contributed by atoms with E-state index in [0.29, 0.717) is 12.5 Å². The Hall–Kier alpha value is -1.55. The smallest absolute Gasteiger partial charge is 0.257 e. The number of amides is 1. The number of nitrogens with one attached hydrogen (secondary N) is 1. The molecule has 0 radical (unpaired) electrons. The second-order valence-corrected chi connectivity index (χ2v) is 5.08. The first-order valence-electron chi connectivity index (χ1n) is 6.84. The summed E-state index contributed by atoms with van der Waals surface area (Å²) < 4.78 is 5.45. The maximum absolute atomic E-state index is 11.6. The number of aryl methyl sites for hydroxylation is 1. The summed E-state index contributed by atoms with van der Waals surface area (Å²) in [7, 11) is 0. The van der Waals surface area contributed by atoms with Gasteiger partial charge in [0, 0.05) is 6.54 Å². The van der Waals surface area contributed by atoms with Crippen molar-refractivity contribution in [2.45, 2.75) is 32.3 Å². The number of carbonyl (C=O) groups excluding carboxylic acids is 1. The van der Waals surface area contributed by atoms with Crippen molar-refractivity contribution in [3.63, 3.8) is 0 Å². The summed E-state index contributed by atoms with van der Waals surface area (Å²) in [6.07, 6.45) is 2.36. The molecule has 1 aromatic carbocycles. The molecular weight excluding hydrogens is 242 g/mol. The lowest BCUT2D eigenvalue weighted by Gasteiger charge is -2.31. The largest absolute Gasteiger partial charge is 0.484 e. The van der Waals surface area contributed by atoms with Gasteiger partial charge in [-0.25, -0.2) is 0 Å². The van der Waals surface area contributed by atoms with Gasteiger partial charge in [-0.15, -0.1) is 0 Å². The van der Waals surface area contributed by atoms with Crippen molar-refractivity contribution in [1.29, 1.82) is 0 Å². The van der Waals surface area contributed by atoms with Crippen molar-refractivity contribution in [3.8, 4) is 5.75 Å². The third-order valence-corrected chi connectivity index (χ3v) is 3.48. The van der Waals surface area contributed by atoms with Gasteiger partial charge in [0.2, 0.25) is 0 Å². The van der Waals surface area contributed by atoms with Crippen LogP contribution in [-0.2, 0) is 11.2 Å². The van der Waals surface area contributed by atoms with Gasteiger partial charge in [-0.3, -0.25) is 4.79 Å². The predicted molar refractivity (Wildman–Crippen MR) is 73.1 cm³/mol. The average molecular weight is 263 g/mol. The summed E-state index contributed by atoms with van der Waals surface area (Å²) in [5.41, 5.74) is 1.20. The lowest BCUT2D eigenvalue weighted by Crippen LogP contribution is -2.39. The Morgan fingerprint density at radius 3 is 2.95 bits per heavy atom. The number of aliphatic hydroxyl groups is 1. The summed E-state index contributed by atoms with van der Waals surface area (Å²) in [5, 5.41) is 12.0. The molecular formula is C15H21NO3. The van der Waals surface area contributed by atoms with E-state index in [4.69, 9.17) is 9.84 Å².